The smallest absolute Gasteiger partial charge is 0.253 e. The number of hydrogen-bond acceptors (Lipinski definition) is 4. The maximum atomic E-state index is 13.2. The molecule has 130 valence electrons. The maximum absolute atomic E-state index is 13.2. The quantitative estimate of drug-likeness (QED) is 0.784. The molecule has 0 bridgehead atoms. The molecule has 2 heterocycles. The number of hydrogen-bond donors (Lipinski definition) is 1. The van der Waals surface area contributed by atoms with Crippen LogP contribution in [0.5, 0.6) is 0 Å². The Bertz CT molecular complexity index is 628. The molecule has 3 rings (SSSR count). The fourth-order valence-corrected chi connectivity index (χ4v) is 3.35. The topological polar surface area (TPSA) is 59.0 Å². The minimum Gasteiger partial charge on any atom is -0.388 e. The van der Waals surface area contributed by atoms with E-state index in [-0.39, 0.29) is 18.3 Å². The Balaban J connectivity index is 1.95. The molecule has 1 aromatic carbocycles. The van der Waals surface area contributed by atoms with Gasteiger partial charge in [-0.3, -0.25) is 4.79 Å². The van der Waals surface area contributed by atoms with Crippen molar-refractivity contribution in [3.8, 4) is 0 Å². The molecule has 0 aliphatic carbocycles. The van der Waals surface area contributed by atoms with Crippen LogP contribution in [-0.4, -0.2) is 60.3 Å². The van der Waals surface area contributed by atoms with Crippen LogP contribution in [0.15, 0.2) is 35.4 Å². The van der Waals surface area contributed by atoms with Gasteiger partial charge in [-0.25, -0.2) is 4.39 Å². The molecular weight excluding hydrogens is 381 g/mol. The van der Waals surface area contributed by atoms with Crippen molar-refractivity contribution < 1.29 is 23.8 Å². The van der Waals surface area contributed by atoms with Crippen LogP contribution in [0.4, 0.5) is 4.39 Å². The van der Waals surface area contributed by atoms with Crippen molar-refractivity contribution in [1.29, 1.82) is 0 Å². The van der Waals surface area contributed by atoms with Crippen LogP contribution in [0.25, 0.3) is 0 Å². The van der Waals surface area contributed by atoms with Gasteiger partial charge in [-0.2, -0.15) is 0 Å². The molecule has 0 saturated carbocycles. The molecule has 2 aliphatic heterocycles. The number of halogens is 2. The van der Waals surface area contributed by atoms with Crippen LogP contribution < -0.4 is 0 Å². The average molecular weight is 400 g/mol. The number of rotatable bonds is 4. The summed E-state index contributed by atoms with van der Waals surface area (Å²) >= 11 is 3.25. The van der Waals surface area contributed by atoms with Crippen molar-refractivity contribution in [2.45, 2.75) is 12.2 Å². The Morgan fingerprint density at radius 3 is 2.62 bits per heavy atom. The van der Waals surface area contributed by atoms with Crippen LogP contribution in [0.1, 0.15) is 11.7 Å². The minimum absolute atomic E-state index is 0.153. The third kappa shape index (κ3) is 3.54. The van der Waals surface area contributed by atoms with Gasteiger partial charge < -0.3 is 19.5 Å². The number of carbonyl (C=O) groups excluding carboxylic acids is 1. The van der Waals surface area contributed by atoms with Gasteiger partial charge in [0, 0.05) is 18.4 Å². The van der Waals surface area contributed by atoms with Gasteiger partial charge in [0.2, 0.25) is 0 Å². The number of nitrogens with zero attached hydrogens (tertiary/aromatic N) is 1. The van der Waals surface area contributed by atoms with Crippen molar-refractivity contribution in [2.75, 3.05) is 38.2 Å². The molecule has 1 amide bonds. The zero-order valence-corrected chi connectivity index (χ0v) is 14.7. The normalized spacial score (nSPS) is 22.8. The predicted octanol–water partition coefficient (Wildman–Crippen LogP) is 1.81. The monoisotopic (exact) mass is 399 g/mol. The van der Waals surface area contributed by atoms with Crippen LogP contribution in [-0.2, 0) is 14.3 Å². The SMILES string of the molecule is O=C(C1=C(C(O)CBr)COC1c1ccc(F)cc1)N1CCOCC1. The summed E-state index contributed by atoms with van der Waals surface area (Å²) in [5.41, 5.74) is 1.73. The summed E-state index contributed by atoms with van der Waals surface area (Å²) in [4.78, 5) is 14.7. The molecule has 0 aromatic heterocycles. The van der Waals surface area contributed by atoms with E-state index in [1.807, 2.05) is 0 Å². The van der Waals surface area contributed by atoms with Crippen LogP contribution in [0.2, 0.25) is 0 Å². The third-order valence-corrected chi connectivity index (χ3v) is 4.88. The molecule has 0 radical (unpaired) electrons. The van der Waals surface area contributed by atoms with Crippen molar-refractivity contribution in [3.63, 3.8) is 0 Å². The Morgan fingerprint density at radius 2 is 2.00 bits per heavy atom. The summed E-state index contributed by atoms with van der Waals surface area (Å²) in [7, 11) is 0. The highest BCUT2D eigenvalue weighted by Crippen LogP contribution is 2.37. The lowest BCUT2D eigenvalue weighted by Gasteiger charge is -2.29. The first-order valence-corrected chi connectivity index (χ1v) is 8.95. The van der Waals surface area contributed by atoms with E-state index in [1.165, 1.54) is 12.1 Å². The fraction of sp³-hybridized carbons (Fsp3) is 0.471. The lowest BCUT2D eigenvalue weighted by atomic mass is 9.96. The molecule has 24 heavy (non-hydrogen) atoms. The van der Waals surface area contributed by atoms with E-state index >= 15 is 0 Å². The number of benzene rings is 1. The van der Waals surface area contributed by atoms with E-state index in [4.69, 9.17) is 9.47 Å². The molecule has 2 atom stereocenters. The number of ether oxygens (including phenoxy) is 2. The van der Waals surface area contributed by atoms with Gasteiger partial charge >= 0.3 is 0 Å². The van der Waals surface area contributed by atoms with E-state index in [0.29, 0.717) is 48.3 Å². The number of carbonyl (C=O) groups is 1. The number of alkyl halides is 1. The molecule has 1 saturated heterocycles. The van der Waals surface area contributed by atoms with Gasteiger partial charge in [0.05, 0.1) is 31.5 Å². The van der Waals surface area contributed by atoms with Gasteiger partial charge in [0.25, 0.3) is 5.91 Å². The number of aliphatic hydroxyl groups is 1. The summed E-state index contributed by atoms with van der Waals surface area (Å²) in [5.74, 6) is -0.498. The van der Waals surface area contributed by atoms with Gasteiger partial charge in [-0.1, -0.05) is 28.1 Å². The highest BCUT2D eigenvalue weighted by atomic mass is 79.9. The first-order valence-electron chi connectivity index (χ1n) is 7.83. The van der Waals surface area contributed by atoms with Crippen LogP contribution in [0.3, 0.4) is 0 Å². The Kier molecular flexibility index (Phi) is 5.65. The van der Waals surface area contributed by atoms with Crippen LogP contribution in [0, 0.1) is 5.82 Å². The Hall–Kier alpha value is -1.28. The van der Waals surface area contributed by atoms with E-state index in [2.05, 4.69) is 15.9 Å². The van der Waals surface area contributed by atoms with Gasteiger partial charge in [-0.05, 0) is 23.3 Å². The van der Waals surface area contributed by atoms with Crippen molar-refractivity contribution in [1.82, 2.24) is 4.90 Å². The summed E-state index contributed by atoms with van der Waals surface area (Å²) in [6, 6.07) is 5.90. The van der Waals surface area contributed by atoms with Crippen molar-refractivity contribution in [3.05, 3.63) is 46.8 Å². The molecule has 2 aliphatic rings. The van der Waals surface area contributed by atoms with Crippen molar-refractivity contribution in [2.24, 2.45) is 0 Å². The van der Waals surface area contributed by atoms with Gasteiger partial charge in [0.1, 0.15) is 11.9 Å². The lowest BCUT2D eigenvalue weighted by Crippen LogP contribution is -2.42. The van der Waals surface area contributed by atoms with Gasteiger partial charge in [0.15, 0.2) is 0 Å². The second kappa shape index (κ2) is 7.74. The van der Waals surface area contributed by atoms with Crippen molar-refractivity contribution >= 4 is 21.8 Å². The fourth-order valence-electron chi connectivity index (χ4n) is 2.96. The van der Waals surface area contributed by atoms with E-state index < -0.39 is 12.2 Å². The zero-order chi connectivity index (χ0) is 17.1. The number of aliphatic hydroxyl groups excluding tert-OH is 1. The van der Waals surface area contributed by atoms with Crippen LogP contribution >= 0.6 is 15.9 Å². The largest absolute Gasteiger partial charge is 0.388 e. The molecule has 7 heteroatoms. The molecule has 1 fully saturated rings. The standard InChI is InChI=1S/C17H19BrFNO4/c18-9-14(21)13-10-24-16(11-1-3-12(19)4-2-11)15(13)17(22)20-5-7-23-8-6-20/h1-4,14,16,21H,5-10H2. The first kappa shape index (κ1) is 17.5. The van der Waals surface area contributed by atoms with E-state index in [9.17, 15) is 14.3 Å². The first-order chi connectivity index (χ1) is 11.6. The molecule has 5 nitrogen and oxygen atoms in total. The molecule has 1 aromatic rings. The Labute approximate surface area is 148 Å². The molecule has 0 spiro atoms. The summed E-state index contributed by atoms with van der Waals surface area (Å²) in [6.07, 6.45) is -1.39. The molecular formula is C17H19BrFNO4. The number of amides is 1. The minimum atomic E-state index is -0.796. The second-order valence-corrected chi connectivity index (χ2v) is 6.40. The summed E-state index contributed by atoms with van der Waals surface area (Å²) in [6.45, 7) is 2.20. The molecule has 1 N–H and O–H groups in total. The second-order valence-electron chi connectivity index (χ2n) is 5.76. The predicted molar refractivity (Wildman–Crippen MR) is 89.3 cm³/mol. The van der Waals surface area contributed by atoms with E-state index in [0.717, 1.165) is 0 Å². The third-order valence-electron chi connectivity index (χ3n) is 4.26. The number of morpholine rings is 1. The zero-order valence-electron chi connectivity index (χ0n) is 13.1. The van der Waals surface area contributed by atoms with E-state index in [1.54, 1.807) is 17.0 Å². The maximum Gasteiger partial charge on any atom is 0.253 e. The summed E-state index contributed by atoms with van der Waals surface area (Å²) in [5, 5.41) is 10.6. The molecule has 2 unspecified atom stereocenters. The Morgan fingerprint density at radius 1 is 1.33 bits per heavy atom. The lowest BCUT2D eigenvalue weighted by molar-refractivity contribution is -0.132. The highest BCUT2D eigenvalue weighted by molar-refractivity contribution is 9.09. The average Bonchev–Trinajstić information content (AvgIpc) is 3.06. The highest BCUT2D eigenvalue weighted by Gasteiger charge is 2.37. The van der Waals surface area contributed by atoms with Gasteiger partial charge in [-0.15, -0.1) is 0 Å². The summed E-state index contributed by atoms with van der Waals surface area (Å²) < 4.78 is 24.3.